The highest BCUT2D eigenvalue weighted by Crippen LogP contribution is 2.16. The predicted octanol–water partition coefficient (Wildman–Crippen LogP) is 2.44. The highest BCUT2D eigenvalue weighted by atomic mass is 35.5. The van der Waals surface area contributed by atoms with Crippen molar-refractivity contribution < 1.29 is 4.79 Å². The van der Waals surface area contributed by atoms with Crippen LogP contribution in [-0.2, 0) is 0 Å². The molecule has 128 valence electrons. The van der Waals surface area contributed by atoms with Gasteiger partial charge in [0.05, 0.1) is 5.69 Å². The number of amides is 1. The maximum Gasteiger partial charge on any atom is 0.293 e. The lowest BCUT2D eigenvalue weighted by atomic mass is 10.2. The number of carbonyl (C=O) groups excluding carboxylic acids is 1. The van der Waals surface area contributed by atoms with Crippen LogP contribution < -0.4 is 5.32 Å². The fourth-order valence-corrected chi connectivity index (χ4v) is 3.16. The summed E-state index contributed by atoms with van der Waals surface area (Å²) >= 11 is 5.93. The van der Waals surface area contributed by atoms with Gasteiger partial charge in [0.25, 0.3) is 5.91 Å². The summed E-state index contributed by atoms with van der Waals surface area (Å²) < 4.78 is 1.68. The summed E-state index contributed by atoms with van der Waals surface area (Å²) in [7, 11) is 0. The van der Waals surface area contributed by atoms with Gasteiger partial charge in [-0.15, -0.1) is 5.10 Å². The van der Waals surface area contributed by atoms with Crippen LogP contribution in [0.15, 0.2) is 24.3 Å². The Bertz CT molecular complexity index is 706. The molecule has 1 aromatic carbocycles. The summed E-state index contributed by atoms with van der Waals surface area (Å²) in [4.78, 5) is 19.2. The van der Waals surface area contributed by atoms with E-state index >= 15 is 0 Å². The zero-order valence-electron chi connectivity index (χ0n) is 14.0. The second kappa shape index (κ2) is 7.32. The zero-order valence-corrected chi connectivity index (χ0v) is 14.8. The molecular weight excluding hydrogens is 326 g/mol. The highest BCUT2D eigenvalue weighted by molar-refractivity contribution is 6.30. The van der Waals surface area contributed by atoms with Crippen molar-refractivity contribution in [1.82, 2.24) is 25.0 Å². The van der Waals surface area contributed by atoms with Crippen LogP contribution in [0, 0.1) is 6.92 Å². The molecule has 1 amide bonds. The Balaban J connectivity index is 1.87. The summed E-state index contributed by atoms with van der Waals surface area (Å²) in [6.45, 7) is 6.43. The molecule has 1 aliphatic heterocycles. The predicted molar refractivity (Wildman–Crippen MR) is 93.7 cm³/mol. The van der Waals surface area contributed by atoms with Crippen LogP contribution in [0.5, 0.6) is 0 Å². The molecule has 0 bridgehead atoms. The van der Waals surface area contributed by atoms with Gasteiger partial charge in [-0.25, -0.2) is 9.67 Å². The van der Waals surface area contributed by atoms with Crippen molar-refractivity contribution in [3.05, 3.63) is 40.9 Å². The minimum atomic E-state index is -0.0960. The van der Waals surface area contributed by atoms with E-state index in [0.717, 1.165) is 38.2 Å². The molecule has 2 heterocycles. The van der Waals surface area contributed by atoms with Gasteiger partial charge in [-0.3, -0.25) is 4.79 Å². The fourth-order valence-electron chi connectivity index (χ4n) is 3.03. The standard InChI is InChI=1S/C17H22ClN5O/c1-3-10-22(15-8-9-19-11-15)17(24)16-20-12(2)23(21-16)14-6-4-13(18)5-7-14/h4-7,15,19H,3,8-11H2,1-2H3/t15-/m1/s1. The minimum absolute atomic E-state index is 0.0960. The van der Waals surface area contributed by atoms with E-state index in [1.165, 1.54) is 0 Å². The van der Waals surface area contributed by atoms with Crippen LogP contribution in [-0.4, -0.2) is 51.2 Å². The number of hydrogen-bond acceptors (Lipinski definition) is 4. The largest absolute Gasteiger partial charge is 0.332 e. The van der Waals surface area contributed by atoms with Gasteiger partial charge in [-0.1, -0.05) is 18.5 Å². The second-order valence-corrected chi connectivity index (χ2v) is 6.45. The van der Waals surface area contributed by atoms with Gasteiger partial charge >= 0.3 is 0 Å². The first kappa shape index (κ1) is 16.9. The van der Waals surface area contributed by atoms with Crippen molar-refractivity contribution in [3.63, 3.8) is 0 Å². The van der Waals surface area contributed by atoms with E-state index in [4.69, 9.17) is 11.6 Å². The molecule has 1 N–H and O–H groups in total. The third-order valence-electron chi connectivity index (χ3n) is 4.23. The number of rotatable bonds is 5. The molecule has 1 saturated heterocycles. The van der Waals surface area contributed by atoms with E-state index in [1.54, 1.807) is 16.8 Å². The van der Waals surface area contributed by atoms with Gasteiger partial charge in [0.1, 0.15) is 5.82 Å². The number of aryl methyl sites for hydroxylation is 1. The van der Waals surface area contributed by atoms with Gasteiger partial charge in [0.15, 0.2) is 0 Å². The molecule has 24 heavy (non-hydrogen) atoms. The number of nitrogens with zero attached hydrogens (tertiary/aromatic N) is 4. The molecular formula is C17H22ClN5O. The average Bonchev–Trinajstić information content (AvgIpc) is 3.23. The molecule has 1 aromatic heterocycles. The molecule has 7 heteroatoms. The van der Waals surface area contributed by atoms with E-state index in [-0.39, 0.29) is 17.8 Å². The molecule has 0 unspecified atom stereocenters. The molecule has 0 saturated carbocycles. The number of aromatic nitrogens is 3. The SMILES string of the molecule is CCCN(C(=O)c1nc(C)n(-c2ccc(Cl)cc2)n1)[C@@H]1CCNC1. The quantitative estimate of drug-likeness (QED) is 0.902. The fraction of sp³-hybridized carbons (Fsp3) is 0.471. The Kier molecular flexibility index (Phi) is 5.16. The van der Waals surface area contributed by atoms with Crippen LogP contribution in [0.1, 0.15) is 36.2 Å². The first-order valence-corrected chi connectivity index (χ1v) is 8.69. The van der Waals surface area contributed by atoms with Crippen molar-refractivity contribution in [2.45, 2.75) is 32.7 Å². The van der Waals surface area contributed by atoms with Gasteiger partial charge in [-0.2, -0.15) is 0 Å². The molecule has 1 fully saturated rings. The lowest BCUT2D eigenvalue weighted by Crippen LogP contribution is -2.42. The minimum Gasteiger partial charge on any atom is -0.332 e. The van der Waals surface area contributed by atoms with Gasteiger partial charge in [0.2, 0.25) is 5.82 Å². The van der Waals surface area contributed by atoms with Gasteiger partial charge in [-0.05, 0) is 50.6 Å². The summed E-state index contributed by atoms with van der Waals surface area (Å²) in [6.07, 6.45) is 1.89. The lowest BCUT2D eigenvalue weighted by molar-refractivity contribution is 0.0679. The zero-order chi connectivity index (χ0) is 17.1. The smallest absolute Gasteiger partial charge is 0.293 e. The Hall–Kier alpha value is -1.92. The molecule has 0 aliphatic carbocycles. The maximum atomic E-state index is 12.9. The Morgan fingerprint density at radius 1 is 1.42 bits per heavy atom. The Morgan fingerprint density at radius 2 is 2.17 bits per heavy atom. The first-order valence-electron chi connectivity index (χ1n) is 8.31. The summed E-state index contributed by atoms with van der Waals surface area (Å²) in [5.74, 6) is 0.839. The second-order valence-electron chi connectivity index (χ2n) is 6.02. The highest BCUT2D eigenvalue weighted by Gasteiger charge is 2.29. The Morgan fingerprint density at radius 3 is 2.79 bits per heavy atom. The van der Waals surface area contributed by atoms with Crippen LogP contribution in [0.3, 0.4) is 0 Å². The lowest BCUT2D eigenvalue weighted by Gasteiger charge is -2.26. The van der Waals surface area contributed by atoms with Crippen molar-refractivity contribution in [2.24, 2.45) is 0 Å². The van der Waals surface area contributed by atoms with Crippen LogP contribution in [0.25, 0.3) is 5.69 Å². The van der Waals surface area contributed by atoms with E-state index in [9.17, 15) is 4.79 Å². The van der Waals surface area contributed by atoms with E-state index in [0.29, 0.717) is 10.8 Å². The summed E-state index contributed by atoms with van der Waals surface area (Å²) in [5, 5.41) is 8.41. The van der Waals surface area contributed by atoms with Crippen molar-refractivity contribution in [1.29, 1.82) is 0 Å². The molecule has 2 aromatic rings. The molecule has 3 rings (SSSR count). The van der Waals surface area contributed by atoms with Crippen LogP contribution >= 0.6 is 11.6 Å². The summed E-state index contributed by atoms with van der Waals surface area (Å²) in [5.41, 5.74) is 0.841. The first-order chi connectivity index (χ1) is 11.6. The Labute approximate surface area is 146 Å². The van der Waals surface area contributed by atoms with E-state index < -0.39 is 0 Å². The van der Waals surface area contributed by atoms with Crippen LogP contribution in [0.4, 0.5) is 0 Å². The third kappa shape index (κ3) is 3.44. The number of nitrogens with one attached hydrogen (secondary N) is 1. The normalized spacial score (nSPS) is 17.2. The average molecular weight is 348 g/mol. The van der Waals surface area contributed by atoms with Gasteiger partial charge in [0, 0.05) is 24.2 Å². The van der Waals surface area contributed by atoms with Gasteiger partial charge < -0.3 is 10.2 Å². The monoisotopic (exact) mass is 347 g/mol. The van der Waals surface area contributed by atoms with Crippen molar-refractivity contribution in [3.8, 4) is 5.69 Å². The molecule has 0 spiro atoms. The number of hydrogen-bond donors (Lipinski definition) is 1. The molecule has 1 atom stereocenters. The molecule has 1 aliphatic rings. The summed E-state index contributed by atoms with van der Waals surface area (Å²) in [6, 6.07) is 7.55. The number of halogens is 1. The van der Waals surface area contributed by atoms with Crippen molar-refractivity contribution >= 4 is 17.5 Å². The third-order valence-corrected chi connectivity index (χ3v) is 4.48. The maximum absolute atomic E-state index is 12.9. The number of benzene rings is 1. The molecule has 0 radical (unpaired) electrons. The number of carbonyl (C=O) groups is 1. The van der Waals surface area contributed by atoms with E-state index in [1.807, 2.05) is 24.0 Å². The van der Waals surface area contributed by atoms with E-state index in [2.05, 4.69) is 22.3 Å². The van der Waals surface area contributed by atoms with Crippen molar-refractivity contribution in [2.75, 3.05) is 19.6 Å². The van der Waals surface area contributed by atoms with Crippen LogP contribution in [0.2, 0.25) is 5.02 Å². The molecule has 6 nitrogen and oxygen atoms in total. The topological polar surface area (TPSA) is 63.1 Å².